The third-order valence-corrected chi connectivity index (χ3v) is 8.03. The van der Waals surface area contributed by atoms with Crippen LogP contribution in [0, 0.1) is 0 Å². The summed E-state index contributed by atoms with van der Waals surface area (Å²) in [5, 5.41) is 5.75. The standard InChI is InChI=1S/C36H23ClN2/c37-26-16-18-28(19-17-26)39-34-13-7-5-11-30(34)32-23-25(15-21-36(32)39)24-14-20-35-31(22-24)29-10-4-6-12-33(29)38(35)27-8-2-1-3-9-27/h1-23H. The summed E-state index contributed by atoms with van der Waals surface area (Å²) in [6, 6.07) is 49.6. The van der Waals surface area contributed by atoms with Crippen molar-refractivity contribution in [3.05, 3.63) is 145 Å². The van der Waals surface area contributed by atoms with Gasteiger partial charge in [-0.3, -0.25) is 0 Å². The number of hydrogen-bond donors (Lipinski definition) is 0. The highest BCUT2D eigenvalue weighted by molar-refractivity contribution is 6.30. The lowest BCUT2D eigenvalue weighted by atomic mass is 10.0. The van der Waals surface area contributed by atoms with Crippen molar-refractivity contribution in [2.24, 2.45) is 0 Å². The fourth-order valence-corrected chi connectivity index (χ4v) is 6.15. The van der Waals surface area contributed by atoms with Gasteiger partial charge in [0, 0.05) is 37.9 Å². The molecule has 2 heterocycles. The Morgan fingerprint density at radius 1 is 0.359 bits per heavy atom. The van der Waals surface area contributed by atoms with Gasteiger partial charge >= 0.3 is 0 Å². The van der Waals surface area contributed by atoms with Crippen molar-refractivity contribution in [2.45, 2.75) is 0 Å². The number of hydrogen-bond acceptors (Lipinski definition) is 0. The second-order valence-electron chi connectivity index (χ2n) is 9.98. The van der Waals surface area contributed by atoms with E-state index < -0.39 is 0 Å². The zero-order valence-corrected chi connectivity index (χ0v) is 21.8. The summed E-state index contributed by atoms with van der Waals surface area (Å²) in [6.45, 7) is 0. The van der Waals surface area contributed by atoms with Crippen molar-refractivity contribution in [2.75, 3.05) is 0 Å². The molecule has 0 radical (unpaired) electrons. The summed E-state index contributed by atoms with van der Waals surface area (Å²) in [6.07, 6.45) is 0. The van der Waals surface area contributed by atoms with E-state index in [2.05, 4.69) is 137 Å². The van der Waals surface area contributed by atoms with Crippen LogP contribution in [0.15, 0.2) is 140 Å². The smallest absolute Gasteiger partial charge is 0.0541 e. The molecule has 0 aliphatic rings. The van der Waals surface area contributed by atoms with E-state index in [0.29, 0.717) is 0 Å². The van der Waals surface area contributed by atoms with E-state index in [4.69, 9.17) is 11.6 Å². The zero-order valence-electron chi connectivity index (χ0n) is 21.1. The predicted molar refractivity (Wildman–Crippen MR) is 166 cm³/mol. The van der Waals surface area contributed by atoms with Crippen LogP contribution in [0.5, 0.6) is 0 Å². The Morgan fingerprint density at radius 2 is 0.795 bits per heavy atom. The molecule has 39 heavy (non-hydrogen) atoms. The molecule has 184 valence electrons. The molecule has 6 aromatic carbocycles. The van der Waals surface area contributed by atoms with E-state index in [1.165, 1.54) is 60.4 Å². The molecule has 0 atom stereocenters. The number of nitrogens with zero attached hydrogens (tertiary/aromatic N) is 2. The van der Waals surface area contributed by atoms with Crippen molar-refractivity contribution >= 4 is 55.2 Å². The van der Waals surface area contributed by atoms with Gasteiger partial charge in [-0.25, -0.2) is 0 Å². The molecule has 0 spiro atoms. The molecule has 2 nitrogen and oxygen atoms in total. The van der Waals surface area contributed by atoms with Crippen LogP contribution >= 0.6 is 11.6 Å². The van der Waals surface area contributed by atoms with Crippen molar-refractivity contribution in [3.8, 4) is 22.5 Å². The molecule has 0 saturated carbocycles. The number of aromatic nitrogens is 2. The van der Waals surface area contributed by atoms with E-state index in [9.17, 15) is 0 Å². The van der Waals surface area contributed by atoms with Gasteiger partial charge in [0.25, 0.3) is 0 Å². The van der Waals surface area contributed by atoms with Crippen molar-refractivity contribution in [1.29, 1.82) is 0 Å². The van der Waals surface area contributed by atoms with Gasteiger partial charge in [0.1, 0.15) is 0 Å². The molecule has 0 bridgehead atoms. The molecule has 0 saturated heterocycles. The van der Waals surface area contributed by atoms with Crippen LogP contribution in [0.2, 0.25) is 5.02 Å². The van der Waals surface area contributed by atoms with Crippen LogP contribution in [0.3, 0.4) is 0 Å². The average molecular weight is 519 g/mol. The van der Waals surface area contributed by atoms with Crippen LogP contribution in [-0.2, 0) is 0 Å². The van der Waals surface area contributed by atoms with Gasteiger partial charge < -0.3 is 9.13 Å². The third-order valence-electron chi connectivity index (χ3n) is 7.78. The Morgan fingerprint density at radius 3 is 1.33 bits per heavy atom. The van der Waals surface area contributed by atoms with Gasteiger partial charge in [0.05, 0.1) is 22.1 Å². The topological polar surface area (TPSA) is 9.86 Å². The van der Waals surface area contributed by atoms with Crippen LogP contribution in [0.1, 0.15) is 0 Å². The Hall–Kier alpha value is -4.79. The summed E-state index contributed by atoms with van der Waals surface area (Å²) >= 11 is 6.20. The summed E-state index contributed by atoms with van der Waals surface area (Å²) in [5.74, 6) is 0. The van der Waals surface area contributed by atoms with E-state index in [1.54, 1.807) is 0 Å². The molecule has 0 aliphatic heterocycles. The predicted octanol–water partition coefficient (Wildman–Crippen LogP) is 10.2. The van der Waals surface area contributed by atoms with Crippen LogP contribution in [0.25, 0.3) is 66.1 Å². The van der Waals surface area contributed by atoms with Gasteiger partial charge in [0.15, 0.2) is 0 Å². The van der Waals surface area contributed by atoms with Crippen molar-refractivity contribution < 1.29 is 0 Å². The minimum Gasteiger partial charge on any atom is -0.309 e. The maximum absolute atomic E-state index is 6.20. The average Bonchev–Trinajstić information content (AvgIpc) is 3.50. The first-order chi connectivity index (χ1) is 19.3. The highest BCUT2D eigenvalue weighted by Crippen LogP contribution is 2.38. The maximum atomic E-state index is 6.20. The zero-order chi connectivity index (χ0) is 25.9. The lowest BCUT2D eigenvalue weighted by Crippen LogP contribution is -1.93. The van der Waals surface area contributed by atoms with Crippen molar-refractivity contribution in [1.82, 2.24) is 9.13 Å². The van der Waals surface area contributed by atoms with Gasteiger partial charge in [-0.05, 0) is 83.9 Å². The maximum Gasteiger partial charge on any atom is 0.0541 e. The number of rotatable bonds is 3. The fraction of sp³-hybridized carbons (Fsp3) is 0. The summed E-state index contributed by atoms with van der Waals surface area (Å²) in [5.41, 5.74) is 9.51. The highest BCUT2D eigenvalue weighted by atomic mass is 35.5. The molecule has 0 N–H and O–H groups in total. The van der Waals surface area contributed by atoms with Crippen molar-refractivity contribution in [3.63, 3.8) is 0 Å². The molecule has 0 unspecified atom stereocenters. The second kappa shape index (κ2) is 8.62. The first kappa shape index (κ1) is 22.2. The number of benzene rings is 6. The number of para-hydroxylation sites is 3. The van der Waals surface area contributed by atoms with E-state index in [0.717, 1.165) is 10.7 Å². The van der Waals surface area contributed by atoms with Crippen LogP contribution in [-0.4, -0.2) is 9.13 Å². The molecule has 8 rings (SSSR count). The lowest BCUT2D eigenvalue weighted by Gasteiger charge is -2.09. The summed E-state index contributed by atoms with van der Waals surface area (Å²) in [4.78, 5) is 0. The van der Waals surface area contributed by atoms with Crippen LogP contribution < -0.4 is 0 Å². The number of halogens is 1. The van der Waals surface area contributed by atoms with Gasteiger partial charge in [-0.1, -0.05) is 78.3 Å². The summed E-state index contributed by atoms with van der Waals surface area (Å²) < 4.78 is 4.68. The van der Waals surface area contributed by atoms with Gasteiger partial charge in [-0.2, -0.15) is 0 Å². The molecule has 2 aromatic heterocycles. The highest BCUT2D eigenvalue weighted by Gasteiger charge is 2.15. The first-order valence-electron chi connectivity index (χ1n) is 13.1. The van der Waals surface area contributed by atoms with E-state index in [-0.39, 0.29) is 0 Å². The Balaban J connectivity index is 1.35. The largest absolute Gasteiger partial charge is 0.309 e. The summed E-state index contributed by atoms with van der Waals surface area (Å²) in [7, 11) is 0. The molecule has 3 heteroatoms. The first-order valence-corrected chi connectivity index (χ1v) is 13.5. The van der Waals surface area contributed by atoms with E-state index in [1.807, 2.05) is 12.1 Å². The third kappa shape index (κ3) is 3.42. The Kier molecular flexibility index (Phi) is 4.91. The SMILES string of the molecule is Clc1ccc(-n2c3ccccc3c3cc(-c4ccc5c(c4)c4ccccc4n5-c4ccccc4)ccc32)cc1. The quantitative estimate of drug-likeness (QED) is 0.220. The Labute approximate surface area is 230 Å². The Bertz CT molecular complexity index is 2170. The minimum atomic E-state index is 0.741. The molecular formula is C36H23ClN2. The molecule has 0 amide bonds. The normalized spacial score (nSPS) is 11.7. The fourth-order valence-electron chi connectivity index (χ4n) is 6.03. The van der Waals surface area contributed by atoms with Gasteiger partial charge in [-0.15, -0.1) is 0 Å². The van der Waals surface area contributed by atoms with E-state index >= 15 is 0 Å². The molecule has 8 aromatic rings. The van der Waals surface area contributed by atoms with Crippen LogP contribution in [0.4, 0.5) is 0 Å². The second-order valence-corrected chi connectivity index (χ2v) is 10.4. The monoisotopic (exact) mass is 518 g/mol. The number of fused-ring (bicyclic) bond motifs is 6. The molecule has 0 aliphatic carbocycles. The molecule has 0 fully saturated rings. The van der Waals surface area contributed by atoms with Gasteiger partial charge in [0.2, 0.25) is 0 Å². The minimum absolute atomic E-state index is 0.741. The lowest BCUT2D eigenvalue weighted by molar-refractivity contribution is 1.18. The molecular weight excluding hydrogens is 496 g/mol.